The Morgan fingerprint density at radius 2 is 2.00 bits per heavy atom. The monoisotopic (exact) mass is 173 g/mol. The molecule has 0 radical (unpaired) electrons. The van der Waals surface area contributed by atoms with Crippen molar-refractivity contribution >= 4 is 5.82 Å². The number of nitrogens with zero attached hydrogens (tertiary/aromatic N) is 1. The van der Waals surface area contributed by atoms with Gasteiger partial charge in [-0.25, -0.2) is 4.98 Å². The van der Waals surface area contributed by atoms with Crippen LogP contribution in [-0.2, 0) is 0 Å². The highest BCUT2D eigenvalue weighted by molar-refractivity contribution is 5.57. The van der Waals surface area contributed by atoms with E-state index in [9.17, 15) is 0 Å². The Kier molecular flexibility index (Phi) is 2.00. The third-order valence-corrected chi connectivity index (χ3v) is 1.89. The van der Waals surface area contributed by atoms with Gasteiger partial charge in [0.05, 0.1) is 6.20 Å². The zero-order valence-corrected chi connectivity index (χ0v) is 7.41. The molecule has 0 fully saturated rings. The van der Waals surface area contributed by atoms with Gasteiger partial charge in [0, 0.05) is 12.6 Å². The molecule has 1 aromatic heterocycles. The first-order chi connectivity index (χ1) is 6.40. The van der Waals surface area contributed by atoms with Gasteiger partial charge in [-0.3, -0.25) is 0 Å². The Morgan fingerprint density at radius 3 is 2.62 bits per heavy atom. The summed E-state index contributed by atoms with van der Waals surface area (Å²) in [6.45, 7) is 0. The van der Waals surface area contributed by atoms with E-state index in [0.717, 1.165) is 17.2 Å². The maximum absolute atomic E-state index is 4.24. The van der Waals surface area contributed by atoms with Crippen molar-refractivity contribution in [2.24, 2.45) is 0 Å². The molecule has 3 heteroatoms. The van der Waals surface area contributed by atoms with E-state index in [0.29, 0.717) is 0 Å². The maximum atomic E-state index is 4.24. The summed E-state index contributed by atoms with van der Waals surface area (Å²) in [5.41, 5.74) is 1.10. The van der Waals surface area contributed by atoms with Crippen LogP contribution in [0.4, 0.5) is 5.82 Å². The first kappa shape index (κ1) is 7.86. The largest absolute Gasteiger partial charge is 0.373 e. The third kappa shape index (κ3) is 1.54. The molecule has 2 rings (SSSR count). The van der Waals surface area contributed by atoms with Crippen molar-refractivity contribution in [1.29, 1.82) is 0 Å². The second kappa shape index (κ2) is 3.31. The highest BCUT2D eigenvalue weighted by atomic mass is 15.0. The van der Waals surface area contributed by atoms with Gasteiger partial charge in [0.2, 0.25) is 0 Å². The van der Waals surface area contributed by atoms with Gasteiger partial charge >= 0.3 is 0 Å². The molecule has 0 bridgehead atoms. The Bertz CT molecular complexity index is 378. The number of nitrogens with one attached hydrogen (secondary N) is 2. The number of benzene rings is 1. The van der Waals surface area contributed by atoms with Gasteiger partial charge < -0.3 is 10.3 Å². The number of hydrogen-bond donors (Lipinski definition) is 2. The minimum absolute atomic E-state index is 0.893. The maximum Gasteiger partial charge on any atom is 0.138 e. The molecule has 0 aliphatic carbocycles. The first-order valence-corrected chi connectivity index (χ1v) is 4.18. The van der Waals surface area contributed by atoms with E-state index in [1.54, 1.807) is 6.20 Å². The summed E-state index contributed by atoms with van der Waals surface area (Å²) in [7, 11) is 1.86. The highest BCUT2D eigenvalue weighted by Crippen LogP contribution is 2.15. The van der Waals surface area contributed by atoms with Crippen molar-refractivity contribution in [3.05, 3.63) is 36.5 Å². The SMILES string of the molecule is CNc1cnc(-c2ccccc2)[nH]1. The molecule has 0 aliphatic heterocycles. The molecule has 2 aromatic rings. The van der Waals surface area contributed by atoms with Crippen LogP contribution in [0.3, 0.4) is 0 Å². The first-order valence-electron chi connectivity index (χ1n) is 4.18. The lowest BCUT2D eigenvalue weighted by molar-refractivity contribution is 1.30. The molecule has 0 saturated heterocycles. The van der Waals surface area contributed by atoms with Crippen molar-refractivity contribution in [2.75, 3.05) is 12.4 Å². The fourth-order valence-corrected chi connectivity index (χ4v) is 1.19. The van der Waals surface area contributed by atoms with Crippen molar-refractivity contribution in [2.45, 2.75) is 0 Å². The Morgan fingerprint density at radius 1 is 1.23 bits per heavy atom. The van der Waals surface area contributed by atoms with Crippen LogP contribution in [0.2, 0.25) is 0 Å². The van der Waals surface area contributed by atoms with Crippen LogP contribution in [-0.4, -0.2) is 17.0 Å². The minimum Gasteiger partial charge on any atom is -0.373 e. The topological polar surface area (TPSA) is 40.7 Å². The number of aromatic amines is 1. The summed E-state index contributed by atoms with van der Waals surface area (Å²) >= 11 is 0. The molecule has 0 spiro atoms. The number of rotatable bonds is 2. The predicted molar refractivity (Wildman–Crippen MR) is 53.6 cm³/mol. The van der Waals surface area contributed by atoms with E-state index in [1.807, 2.05) is 37.4 Å². The van der Waals surface area contributed by atoms with Gasteiger partial charge in [-0.1, -0.05) is 30.3 Å². The van der Waals surface area contributed by atoms with Crippen LogP contribution in [0.1, 0.15) is 0 Å². The summed E-state index contributed by atoms with van der Waals surface area (Å²) in [5, 5.41) is 3.00. The average Bonchev–Trinajstić information content (AvgIpc) is 2.67. The van der Waals surface area contributed by atoms with E-state index in [2.05, 4.69) is 15.3 Å². The molecule has 1 heterocycles. The Balaban J connectivity index is 2.36. The van der Waals surface area contributed by atoms with Gasteiger partial charge in [-0.15, -0.1) is 0 Å². The highest BCUT2D eigenvalue weighted by Gasteiger charge is 1.99. The van der Waals surface area contributed by atoms with Crippen molar-refractivity contribution in [3.8, 4) is 11.4 Å². The normalized spacial score (nSPS) is 9.92. The van der Waals surface area contributed by atoms with E-state index < -0.39 is 0 Å². The number of anilines is 1. The molecule has 0 aliphatic rings. The van der Waals surface area contributed by atoms with Gasteiger partial charge in [-0.2, -0.15) is 0 Å². The standard InChI is InChI=1S/C10H11N3/c1-11-9-7-12-10(13-9)8-5-3-2-4-6-8/h2-7,11H,1H3,(H,12,13). The lowest BCUT2D eigenvalue weighted by Gasteiger charge is -1.95. The molecule has 66 valence electrons. The van der Waals surface area contributed by atoms with Gasteiger partial charge in [-0.05, 0) is 0 Å². The van der Waals surface area contributed by atoms with Crippen LogP contribution in [0.25, 0.3) is 11.4 Å². The van der Waals surface area contributed by atoms with E-state index >= 15 is 0 Å². The zero-order chi connectivity index (χ0) is 9.10. The number of imidazole rings is 1. The molecule has 2 N–H and O–H groups in total. The zero-order valence-electron chi connectivity index (χ0n) is 7.41. The molecule has 3 nitrogen and oxygen atoms in total. The van der Waals surface area contributed by atoms with E-state index in [1.165, 1.54) is 0 Å². The van der Waals surface area contributed by atoms with Gasteiger partial charge in [0.25, 0.3) is 0 Å². The minimum atomic E-state index is 0.893. The molecule has 0 amide bonds. The molecule has 1 aromatic carbocycles. The van der Waals surface area contributed by atoms with Crippen molar-refractivity contribution in [1.82, 2.24) is 9.97 Å². The number of H-pyrrole nitrogens is 1. The molecular formula is C10H11N3. The second-order valence-electron chi connectivity index (χ2n) is 2.76. The fraction of sp³-hybridized carbons (Fsp3) is 0.100. The summed E-state index contributed by atoms with van der Waals surface area (Å²) < 4.78 is 0. The average molecular weight is 173 g/mol. The molecule has 0 saturated carbocycles. The number of hydrogen-bond acceptors (Lipinski definition) is 2. The summed E-state index contributed by atoms with van der Waals surface area (Å²) in [4.78, 5) is 7.40. The van der Waals surface area contributed by atoms with Crippen LogP contribution in [0, 0.1) is 0 Å². The van der Waals surface area contributed by atoms with Crippen LogP contribution in [0.15, 0.2) is 36.5 Å². The van der Waals surface area contributed by atoms with Gasteiger partial charge in [0.1, 0.15) is 11.6 Å². The molecular weight excluding hydrogens is 162 g/mol. The third-order valence-electron chi connectivity index (χ3n) is 1.89. The molecule has 0 unspecified atom stereocenters. The van der Waals surface area contributed by atoms with Gasteiger partial charge in [0.15, 0.2) is 0 Å². The van der Waals surface area contributed by atoms with Crippen LogP contribution >= 0.6 is 0 Å². The number of aromatic nitrogens is 2. The second-order valence-corrected chi connectivity index (χ2v) is 2.76. The summed E-state index contributed by atoms with van der Waals surface area (Å²) in [6, 6.07) is 10.0. The predicted octanol–water partition coefficient (Wildman–Crippen LogP) is 2.12. The fourth-order valence-electron chi connectivity index (χ4n) is 1.19. The quantitative estimate of drug-likeness (QED) is 0.730. The van der Waals surface area contributed by atoms with Crippen molar-refractivity contribution in [3.63, 3.8) is 0 Å². The van der Waals surface area contributed by atoms with E-state index in [-0.39, 0.29) is 0 Å². The molecule has 13 heavy (non-hydrogen) atoms. The Hall–Kier alpha value is -1.77. The Labute approximate surface area is 76.8 Å². The van der Waals surface area contributed by atoms with Crippen LogP contribution < -0.4 is 5.32 Å². The lowest BCUT2D eigenvalue weighted by Crippen LogP contribution is -1.86. The molecule has 0 atom stereocenters. The van der Waals surface area contributed by atoms with Crippen molar-refractivity contribution < 1.29 is 0 Å². The summed E-state index contributed by atoms with van der Waals surface area (Å²) in [5.74, 6) is 1.82. The summed E-state index contributed by atoms with van der Waals surface area (Å²) in [6.07, 6.45) is 1.78. The lowest BCUT2D eigenvalue weighted by atomic mass is 10.2. The smallest absolute Gasteiger partial charge is 0.138 e. The van der Waals surface area contributed by atoms with Crippen LogP contribution in [0.5, 0.6) is 0 Å². The van der Waals surface area contributed by atoms with E-state index in [4.69, 9.17) is 0 Å².